The Labute approximate surface area is 202 Å². The highest BCUT2D eigenvalue weighted by Gasteiger charge is 2.30. The van der Waals surface area contributed by atoms with Crippen LogP contribution in [0.4, 0.5) is 5.69 Å². The maximum atomic E-state index is 13.5. The van der Waals surface area contributed by atoms with Gasteiger partial charge in [-0.1, -0.05) is 44.2 Å². The summed E-state index contributed by atoms with van der Waals surface area (Å²) in [7, 11) is -2.18. The number of aryl methyl sites for hydroxylation is 1. The second-order valence-corrected chi connectivity index (χ2v) is 10.6. The summed E-state index contributed by atoms with van der Waals surface area (Å²) in [4.78, 5) is 27.8. The zero-order valence-corrected chi connectivity index (χ0v) is 21.6. The lowest BCUT2D eigenvalue weighted by molar-refractivity contribution is -0.139. The van der Waals surface area contributed by atoms with E-state index in [1.54, 1.807) is 57.4 Å². The van der Waals surface area contributed by atoms with E-state index in [1.807, 2.05) is 26.0 Å². The predicted octanol–water partition coefficient (Wildman–Crippen LogP) is 2.96. The standard InChI is InChI=1S/C25H35N3O5S/c1-18(2)15-26-25(30)20(4)27(16-21-11-13-22(33-5)14-12-21)24(29)17-28(34(6,31)32)23-10-8-7-9-19(23)3/h7-14,18,20H,15-17H2,1-6H3,(H,26,30)/t20-/m1/s1. The van der Waals surface area contributed by atoms with E-state index >= 15 is 0 Å². The van der Waals surface area contributed by atoms with Gasteiger partial charge in [0.1, 0.15) is 18.3 Å². The molecular formula is C25H35N3O5S. The van der Waals surface area contributed by atoms with E-state index in [4.69, 9.17) is 4.74 Å². The summed E-state index contributed by atoms with van der Waals surface area (Å²) < 4.78 is 31.5. The Morgan fingerprint density at radius 2 is 1.65 bits per heavy atom. The normalized spacial score (nSPS) is 12.2. The van der Waals surface area contributed by atoms with Gasteiger partial charge in [0.2, 0.25) is 21.8 Å². The Balaban J connectivity index is 2.37. The van der Waals surface area contributed by atoms with Gasteiger partial charge in [0.05, 0.1) is 19.1 Å². The number of rotatable bonds is 11. The van der Waals surface area contributed by atoms with E-state index in [0.29, 0.717) is 18.0 Å². The zero-order valence-electron chi connectivity index (χ0n) is 20.7. The Bertz CT molecular complexity index is 1080. The van der Waals surface area contributed by atoms with E-state index < -0.39 is 28.5 Å². The van der Waals surface area contributed by atoms with Gasteiger partial charge in [-0.25, -0.2) is 8.42 Å². The van der Waals surface area contributed by atoms with E-state index in [1.165, 1.54) is 4.90 Å². The molecule has 0 radical (unpaired) electrons. The number of para-hydroxylation sites is 1. The third-order valence-corrected chi connectivity index (χ3v) is 6.55. The first-order valence-corrected chi connectivity index (χ1v) is 13.0. The molecule has 0 aliphatic carbocycles. The van der Waals surface area contributed by atoms with Crippen molar-refractivity contribution in [3.63, 3.8) is 0 Å². The number of ether oxygens (including phenoxy) is 1. The Morgan fingerprint density at radius 3 is 2.18 bits per heavy atom. The first-order chi connectivity index (χ1) is 15.9. The summed E-state index contributed by atoms with van der Waals surface area (Å²) >= 11 is 0. The Kier molecular flexibility index (Phi) is 9.49. The van der Waals surface area contributed by atoms with Crippen LogP contribution in [0, 0.1) is 12.8 Å². The van der Waals surface area contributed by atoms with Gasteiger partial charge in [0.25, 0.3) is 0 Å². The van der Waals surface area contributed by atoms with Crippen molar-refractivity contribution in [2.45, 2.75) is 40.3 Å². The number of hydrogen-bond acceptors (Lipinski definition) is 5. The number of carbonyl (C=O) groups excluding carboxylic acids is 2. The van der Waals surface area contributed by atoms with Crippen LogP contribution in [-0.2, 0) is 26.2 Å². The van der Waals surface area contributed by atoms with Gasteiger partial charge in [-0.15, -0.1) is 0 Å². The highest BCUT2D eigenvalue weighted by molar-refractivity contribution is 7.92. The minimum atomic E-state index is -3.75. The largest absolute Gasteiger partial charge is 0.497 e. The zero-order chi connectivity index (χ0) is 25.5. The molecule has 0 unspecified atom stereocenters. The first kappa shape index (κ1) is 27.2. The third kappa shape index (κ3) is 7.48. The second kappa shape index (κ2) is 11.9. The average molecular weight is 490 g/mol. The van der Waals surface area contributed by atoms with Crippen molar-refractivity contribution in [3.8, 4) is 5.75 Å². The Hall–Kier alpha value is -3.07. The molecule has 9 heteroatoms. The second-order valence-electron chi connectivity index (χ2n) is 8.74. The van der Waals surface area contributed by atoms with Crippen molar-refractivity contribution in [1.82, 2.24) is 10.2 Å². The quantitative estimate of drug-likeness (QED) is 0.524. The van der Waals surface area contributed by atoms with Crippen LogP contribution in [0.3, 0.4) is 0 Å². The van der Waals surface area contributed by atoms with Crippen LogP contribution in [-0.4, -0.2) is 57.6 Å². The van der Waals surface area contributed by atoms with Crippen molar-refractivity contribution >= 4 is 27.5 Å². The number of anilines is 1. The number of sulfonamides is 1. The number of benzene rings is 2. The van der Waals surface area contributed by atoms with Gasteiger partial charge in [-0.05, 0) is 49.1 Å². The van der Waals surface area contributed by atoms with Crippen molar-refractivity contribution in [3.05, 3.63) is 59.7 Å². The molecule has 8 nitrogen and oxygen atoms in total. The molecule has 2 amide bonds. The summed E-state index contributed by atoms with van der Waals surface area (Å²) in [5.41, 5.74) is 1.95. The fraction of sp³-hybridized carbons (Fsp3) is 0.440. The molecule has 0 saturated heterocycles. The monoisotopic (exact) mass is 489 g/mol. The smallest absolute Gasteiger partial charge is 0.244 e. The molecule has 0 saturated carbocycles. The summed E-state index contributed by atoms with van der Waals surface area (Å²) in [5, 5.41) is 2.86. The number of nitrogens with one attached hydrogen (secondary N) is 1. The van der Waals surface area contributed by atoms with E-state index in [9.17, 15) is 18.0 Å². The van der Waals surface area contributed by atoms with Gasteiger partial charge < -0.3 is 15.0 Å². The number of carbonyl (C=O) groups is 2. The summed E-state index contributed by atoms with van der Waals surface area (Å²) in [5.74, 6) is 0.157. The summed E-state index contributed by atoms with van der Waals surface area (Å²) in [6, 6.07) is 13.4. The van der Waals surface area contributed by atoms with Crippen LogP contribution in [0.5, 0.6) is 5.75 Å². The lowest BCUT2D eigenvalue weighted by atomic mass is 10.1. The van der Waals surface area contributed by atoms with Crippen molar-refractivity contribution in [1.29, 1.82) is 0 Å². The van der Waals surface area contributed by atoms with Gasteiger partial charge in [0.15, 0.2) is 0 Å². The molecule has 0 heterocycles. The van der Waals surface area contributed by atoms with Gasteiger partial charge >= 0.3 is 0 Å². The number of amides is 2. The molecule has 0 fully saturated rings. The molecule has 0 bridgehead atoms. The molecule has 1 N–H and O–H groups in total. The molecule has 0 aliphatic heterocycles. The summed E-state index contributed by atoms with van der Waals surface area (Å²) in [6.07, 6.45) is 1.07. The third-order valence-electron chi connectivity index (χ3n) is 5.43. The van der Waals surface area contributed by atoms with Crippen LogP contribution in [0.15, 0.2) is 48.5 Å². The molecule has 2 rings (SSSR count). The molecule has 186 valence electrons. The Morgan fingerprint density at radius 1 is 1.03 bits per heavy atom. The topological polar surface area (TPSA) is 96.0 Å². The lowest BCUT2D eigenvalue weighted by Gasteiger charge is -2.32. The minimum Gasteiger partial charge on any atom is -0.497 e. The van der Waals surface area contributed by atoms with Crippen LogP contribution < -0.4 is 14.4 Å². The van der Waals surface area contributed by atoms with Crippen LogP contribution in [0.25, 0.3) is 0 Å². The summed E-state index contributed by atoms with van der Waals surface area (Å²) in [6.45, 7) is 7.61. The molecule has 0 aliphatic rings. The average Bonchev–Trinajstić information content (AvgIpc) is 2.79. The lowest BCUT2D eigenvalue weighted by Crippen LogP contribution is -2.51. The highest BCUT2D eigenvalue weighted by atomic mass is 32.2. The van der Waals surface area contributed by atoms with E-state index in [2.05, 4.69) is 5.32 Å². The molecule has 34 heavy (non-hydrogen) atoms. The molecule has 2 aromatic carbocycles. The fourth-order valence-electron chi connectivity index (χ4n) is 3.40. The SMILES string of the molecule is COc1ccc(CN(C(=O)CN(c2ccccc2C)S(C)(=O)=O)[C@H](C)C(=O)NCC(C)C)cc1. The van der Waals surface area contributed by atoms with Crippen molar-refractivity contribution in [2.24, 2.45) is 5.92 Å². The molecular weight excluding hydrogens is 454 g/mol. The number of nitrogens with zero attached hydrogens (tertiary/aromatic N) is 2. The van der Waals surface area contributed by atoms with Gasteiger partial charge in [-0.3, -0.25) is 13.9 Å². The molecule has 0 aromatic heterocycles. The number of methoxy groups -OCH3 is 1. The van der Waals surface area contributed by atoms with Crippen molar-refractivity contribution < 1.29 is 22.7 Å². The highest BCUT2D eigenvalue weighted by Crippen LogP contribution is 2.23. The maximum absolute atomic E-state index is 13.5. The van der Waals surface area contributed by atoms with Gasteiger partial charge in [0, 0.05) is 13.1 Å². The van der Waals surface area contributed by atoms with Crippen LogP contribution in [0.1, 0.15) is 31.9 Å². The molecule has 0 spiro atoms. The fourth-order valence-corrected chi connectivity index (χ4v) is 4.31. The van der Waals surface area contributed by atoms with Crippen LogP contribution >= 0.6 is 0 Å². The molecule has 2 aromatic rings. The van der Waals surface area contributed by atoms with Crippen molar-refractivity contribution in [2.75, 3.05) is 30.8 Å². The van der Waals surface area contributed by atoms with Gasteiger partial charge in [-0.2, -0.15) is 0 Å². The molecule has 1 atom stereocenters. The first-order valence-electron chi connectivity index (χ1n) is 11.2. The predicted molar refractivity (Wildman–Crippen MR) is 134 cm³/mol. The van der Waals surface area contributed by atoms with Crippen LogP contribution in [0.2, 0.25) is 0 Å². The maximum Gasteiger partial charge on any atom is 0.244 e. The van der Waals surface area contributed by atoms with E-state index in [0.717, 1.165) is 21.7 Å². The minimum absolute atomic E-state index is 0.143. The number of hydrogen-bond donors (Lipinski definition) is 1. The van der Waals surface area contributed by atoms with E-state index in [-0.39, 0.29) is 18.4 Å².